The molecular weight excluding hydrogens is 328 g/mol. The van der Waals surface area contributed by atoms with Crippen LogP contribution >= 0.6 is 23.1 Å². The van der Waals surface area contributed by atoms with Crippen LogP contribution in [0.5, 0.6) is 0 Å². The van der Waals surface area contributed by atoms with E-state index in [2.05, 4.69) is 0 Å². The van der Waals surface area contributed by atoms with Crippen LogP contribution in [0.1, 0.15) is 22.2 Å². The maximum absolute atomic E-state index is 11.1. The molecule has 0 fully saturated rings. The summed E-state index contributed by atoms with van der Waals surface area (Å²) in [6.45, 7) is 1.95. The van der Waals surface area contributed by atoms with Crippen LogP contribution in [-0.2, 0) is 6.42 Å². The van der Waals surface area contributed by atoms with E-state index in [0.29, 0.717) is 16.1 Å². The number of carbonyl (C=O) groups is 1. The number of hydrogen-bond donors (Lipinski definition) is 0. The summed E-state index contributed by atoms with van der Waals surface area (Å²) in [4.78, 5) is 32.8. The zero-order chi connectivity index (χ0) is 16.3. The van der Waals surface area contributed by atoms with E-state index in [0.717, 1.165) is 29.1 Å². The lowest BCUT2D eigenvalue weighted by Crippen LogP contribution is -1.94. The van der Waals surface area contributed by atoms with Gasteiger partial charge in [0.15, 0.2) is 6.29 Å². The molecule has 114 valence electrons. The summed E-state index contributed by atoms with van der Waals surface area (Å²) in [6.07, 6.45) is 1.46. The minimum absolute atomic E-state index is 0.267. The average molecular weight is 338 g/mol. The lowest BCUT2D eigenvalue weighted by atomic mass is 10.3. The van der Waals surface area contributed by atoms with Crippen LogP contribution in [0.2, 0.25) is 0 Å². The fourth-order valence-corrected chi connectivity index (χ4v) is 4.07. The Bertz CT molecular complexity index is 757. The molecule has 1 heterocycles. The van der Waals surface area contributed by atoms with Crippen molar-refractivity contribution in [1.29, 1.82) is 0 Å². The molecule has 0 aliphatic heterocycles. The van der Waals surface area contributed by atoms with Gasteiger partial charge in [-0.05, 0) is 18.6 Å². The van der Waals surface area contributed by atoms with Gasteiger partial charge in [-0.3, -0.25) is 25.0 Å². The average Bonchev–Trinajstić information content (AvgIpc) is 2.89. The molecule has 0 aliphatic rings. The molecule has 0 amide bonds. The first-order valence-electron chi connectivity index (χ1n) is 6.14. The monoisotopic (exact) mass is 338 g/mol. The minimum Gasteiger partial charge on any atom is -0.298 e. The molecule has 0 saturated carbocycles. The fourth-order valence-electron chi connectivity index (χ4n) is 1.72. The third-order valence-corrected chi connectivity index (χ3v) is 5.38. The molecule has 22 heavy (non-hydrogen) atoms. The molecule has 0 radical (unpaired) electrons. The maximum atomic E-state index is 11.1. The van der Waals surface area contributed by atoms with Crippen molar-refractivity contribution in [3.63, 3.8) is 0 Å². The number of nitro benzene ring substituents is 2. The van der Waals surface area contributed by atoms with E-state index >= 15 is 0 Å². The number of nitro groups is 2. The normalized spacial score (nSPS) is 10.4. The second kappa shape index (κ2) is 6.67. The highest BCUT2D eigenvalue weighted by atomic mass is 32.2. The summed E-state index contributed by atoms with van der Waals surface area (Å²) >= 11 is 2.46. The summed E-state index contributed by atoms with van der Waals surface area (Å²) in [5.41, 5.74) is -0.214. The predicted octanol–water partition coefficient (Wildman–Crippen LogP) is 4.09. The molecule has 0 aliphatic carbocycles. The Labute approximate surface area is 133 Å². The summed E-state index contributed by atoms with van der Waals surface area (Å²) in [6, 6.07) is 5.22. The highest BCUT2D eigenvalue weighted by Crippen LogP contribution is 2.41. The number of rotatable bonds is 6. The van der Waals surface area contributed by atoms with E-state index in [-0.39, 0.29) is 16.3 Å². The molecule has 1 aromatic heterocycles. The molecule has 0 bridgehead atoms. The van der Waals surface area contributed by atoms with Gasteiger partial charge in [0.2, 0.25) is 0 Å². The van der Waals surface area contributed by atoms with Crippen LogP contribution in [0.4, 0.5) is 11.4 Å². The molecule has 0 spiro atoms. The molecule has 2 aromatic rings. The smallest absolute Gasteiger partial charge is 0.290 e. The first-order chi connectivity index (χ1) is 10.5. The van der Waals surface area contributed by atoms with Gasteiger partial charge >= 0.3 is 0 Å². The second-order valence-electron chi connectivity index (χ2n) is 4.20. The van der Waals surface area contributed by atoms with Gasteiger partial charge in [0.05, 0.1) is 25.0 Å². The highest BCUT2D eigenvalue weighted by molar-refractivity contribution is 8.01. The Balaban J connectivity index is 2.45. The van der Waals surface area contributed by atoms with Crippen molar-refractivity contribution < 1.29 is 14.6 Å². The van der Waals surface area contributed by atoms with Crippen LogP contribution in [0, 0.1) is 20.2 Å². The Kier molecular flexibility index (Phi) is 4.88. The second-order valence-corrected chi connectivity index (χ2v) is 6.64. The largest absolute Gasteiger partial charge is 0.298 e. The maximum Gasteiger partial charge on any atom is 0.290 e. The standard InChI is InChI=1S/C13H10N2O5S2/c1-2-10-5-8(7-16)13(21-10)22-12-4-3-9(14(17)18)6-11(12)15(19)20/h3-7H,2H2,1H3. The number of hydrogen-bond acceptors (Lipinski definition) is 7. The van der Waals surface area contributed by atoms with E-state index in [9.17, 15) is 25.0 Å². The van der Waals surface area contributed by atoms with Crippen LogP contribution in [0.3, 0.4) is 0 Å². The van der Waals surface area contributed by atoms with Gasteiger partial charge in [0, 0.05) is 16.5 Å². The number of carbonyl (C=O) groups excluding carboxylic acids is 1. The van der Waals surface area contributed by atoms with Crippen LogP contribution in [0.15, 0.2) is 33.4 Å². The number of non-ortho nitro benzene ring substituents is 1. The molecular formula is C13H10N2O5S2. The predicted molar refractivity (Wildman–Crippen MR) is 83.0 cm³/mol. The van der Waals surface area contributed by atoms with Crippen molar-refractivity contribution in [1.82, 2.24) is 0 Å². The Morgan fingerprint density at radius 3 is 2.50 bits per heavy atom. The highest BCUT2D eigenvalue weighted by Gasteiger charge is 2.21. The van der Waals surface area contributed by atoms with Crippen molar-refractivity contribution in [3.8, 4) is 0 Å². The van der Waals surface area contributed by atoms with Gasteiger partial charge in [-0.25, -0.2) is 0 Å². The van der Waals surface area contributed by atoms with Gasteiger partial charge in [-0.15, -0.1) is 11.3 Å². The van der Waals surface area contributed by atoms with Crippen molar-refractivity contribution >= 4 is 40.8 Å². The Morgan fingerprint density at radius 2 is 1.95 bits per heavy atom. The molecule has 0 atom stereocenters. The van der Waals surface area contributed by atoms with Gasteiger partial charge in [-0.2, -0.15) is 0 Å². The number of thiophene rings is 1. The topological polar surface area (TPSA) is 103 Å². The summed E-state index contributed by atoms with van der Waals surface area (Å²) in [5, 5.41) is 21.8. The van der Waals surface area contributed by atoms with E-state index in [1.165, 1.54) is 23.5 Å². The zero-order valence-corrected chi connectivity index (χ0v) is 13.0. The molecule has 9 heteroatoms. The number of aldehydes is 1. The molecule has 7 nitrogen and oxygen atoms in total. The van der Waals surface area contributed by atoms with E-state index in [4.69, 9.17) is 0 Å². The van der Waals surface area contributed by atoms with Gasteiger partial charge in [-0.1, -0.05) is 18.7 Å². The van der Waals surface area contributed by atoms with Crippen molar-refractivity contribution in [2.24, 2.45) is 0 Å². The zero-order valence-electron chi connectivity index (χ0n) is 11.3. The number of nitrogens with zero attached hydrogens (tertiary/aromatic N) is 2. The molecule has 0 N–H and O–H groups in total. The van der Waals surface area contributed by atoms with Gasteiger partial charge in [0.1, 0.15) is 0 Å². The summed E-state index contributed by atoms with van der Waals surface area (Å²) in [5.74, 6) is 0. The van der Waals surface area contributed by atoms with Gasteiger partial charge < -0.3 is 0 Å². The SMILES string of the molecule is CCc1cc(C=O)c(Sc2ccc([N+](=O)[O-])cc2[N+](=O)[O-])s1. The molecule has 2 rings (SSSR count). The summed E-state index contributed by atoms with van der Waals surface area (Å²) in [7, 11) is 0. The lowest BCUT2D eigenvalue weighted by Gasteiger charge is -2.02. The Morgan fingerprint density at radius 1 is 1.23 bits per heavy atom. The Hall–Kier alpha value is -2.26. The number of benzene rings is 1. The first kappa shape index (κ1) is 16.1. The fraction of sp³-hybridized carbons (Fsp3) is 0.154. The van der Waals surface area contributed by atoms with E-state index in [1.54, 1.807) is 6.07 Å². The third-order valence-electron chi connectivity index (χ3n) is 2.80. The van der Waals surface area contributed by atoms with Crippen LogP contribution in [0.25, 0.3) is 0 Å². The van der Waals surface area contributed by atoms with E-state index in [1.807, 2.05) is 6.92 Å². The van der Waals surface area contributed by atoms with Crippen LogP contribution < -0.4 is 0 Å². The summed E-state index contributed by atoms with van der Waals surface area (Å²) < 4.78 is 0.642. The van der Waals surface area contributed by atoms with Crippen molar-refractivity contribution in [2.45, 2.75) is 22.4 Å². The van der Waals surface area contributed by atoms with Crippen molar-refractivity contribution in [3.05, 3.63) is 54.9 Å². The van der Waals surface area contributed by atoms with Gasteiger partial charge in [0.25, 0.3) is 11.4 Å². The van der Waals surface area contributed by atoms with Crippen LogP contribution in [-0.4, -0.2) is 16.1 Å². The molecule has 0 unspecified atom stereocenters. The molecule has 1 aromatic carbocycles. The minimum atomic E-state index is -0.682. The lowest BCUT2D eigenvalue weighted by molar-refractivity contribution is -0.396. The van der Waals surface area contributed by atoms with E-state index < -0.39 is 9.85 Å². The quantitative estimate of drug-likeness (QED) is 0.446. The molecule has 0 saturated heterocycles. The number of aryl methyl sites for hydroxylation is 1. The van der Waals surface area contributed by atoms with Crippen molar-refractivity contribution in [2.75, 3.05) is 0 Å². The third kappa shape index (κ3) is 3.31. The first-order valence-corrected chi connectivity index (χ1v) is 7.78.